The molecule has 0 aliphatic carbocycles. The van der Waals surface area contributed by atoms with E-state index in [9.17, 15) is 4.79 Å². The highest BCUT2D eigenvalue weighted by molar-refractivity contribution is 5.76. The molecule has 1 aliphatic rings. The third kappa shape index (κ3) is 3.48. The van der Waals surface area contributed by atoms with Gasteiger partial charge < -0.3 is 14.2 Å². The van der Waals surface area contributed by atoms with Crippen LogP contribution in [0.15, 0.2) is 72.8 Å². The molecule has 0 amide bonds. The molecule has 3 aromatic carbocycles. The summed E-state index contributed by atoms with van der Waals surface area (Å²) in [5.41, 5.74) is 3.18. The lowest BCUT2D eigenvalue weighted by molar-refractivity contribution is -0.133. The summed E-state index contributed by atoms with van der Waals surface area (Å²) in [6, 6.07) is 23.1. The Morgan fingerprint density at radius 3 is 2.36 bits per heavy atom. The number of hydrogen-bond acceptors (Lipinski definition) is 4. The molecule has 4 heteroatoms. The quantitative estimate of drug-likeness (QED) is 0.530. The van der Waals surface area contributed by atoms with Crippen molar-refractivity contribution in [2.24, 2.45) is 0 Å². The van der Waals surface area contributed by atoms with Crippen LogP contribution in [0.1, 0.15) is 5.56 Å². The van der Waals surface area contributed by atoms with Gasteiger partial charge in [0, 0.05) is 6.07 Å². The molecule has 4 nitrogen and oxygen atoms in total. The smallest absolute Gasteiger partial charge is 0.315 e. The maximum atomic E-state index is 12.1. The first-order valence-corrected chi connectivity index (χ1v) is 8.03. The van der Waals surface area contributed by atoms with Crippen molar-refractivity contribution >= 4 is 5.97 Å². The van der Waals surface area contributed by atoms with Crippen LogP contribution in [0.4, 0.5) is 0 Å². The lowest BCUT2D eigenvalue weighted by atomic mass is 10.0. The van der Waals surface area contributed by atoms with Crippen molar-refractivity contribution in [2.75, 3.05) is 6.79 Å². The maximum absolute atomic E-state index is 12.1. The molecule has 0 radical (unpaired) electrons. The first kappa shape index (κ1) is 15.3. The third-order valence-corrected chi connectivity index (χ3v) is 3.99. The van der Waals surface area contributed by atoms with E-state index < -0.39 is 0 Å². The lowest BCUT2D eigenvalue weighted by Gasteiger charge is -2.06. The number of fused-ring (bicyclic) bond motifs is 1. The SMILES string of the molecule is O=C(Cc1ccc(-c2ccccc2)cc1)Oc1ccc2c(c1)OCO2. The van der Waals surface area contributed by atoms with Crippen molar-refractivity contribution in [1.29, 1.82) is 0 Å². The van der Waals surface area contributed by atoms with Gasteiger partial charge in [-0.05, 0) is 28.8 Å². The molecule has 4 rings (SSSR count). The molecular weight excluding hydrogens is 316 g/mol. The summed E-state index contributed by atoms with van der Waals surface area (Å²) in [5, 5.41) is 0. The van der Waals surface area contributed by atoms with Gasteiger partial charge in [-0.2, -0.15) is 0 Å². The molecule has 0 atom stereocenters. The fourth-order valence-electron chi connectivity index (χ4n) is 2.72. The van der Waals surface area contributed by atoms with Gasteiger partial charge in [0.25, 0.3) is 0 Å². The zero-order valence-corrected chi connectivity index (χ0v) is 13.5. The normalized spacial score (nSPS) is 12.0. The maximum Gasteiger partial charge on any atom is 0.315 e. The van der Waals surface area contributed by atoms with Crippen LogP contribution in [0.5, 0.6) is 17.2 Å². The zero-order valence-electron chi connectivity index (χ0n) is 13.5. The zero-order chi connectivity index (χ0) is 17.1. The van der Waals surface area contributed by atoms with Crippen LogP contribution in [0.3, 0.4) is 0 Å². The number of esters is 1. The van der Waals surface area contributed by atoms with Gasteiger partial charge in [0.15, 0.2) is 11.5 Å². The van der Waals surface area contributed by atoms with Crippen molar-refractivity contribution in [3.63, 3.8) is 0 Å². The van der Waals surface area contributed by atoms with Crippen molar-refractivity contribution in [1.82, 2.24) is 0 Å². The number of rotatable bonds is 4. The second-order valence-electron chi connectivity index (χ2n) is 5.73. The molecule has 0 bridgehead atoms. The van der Waals surface area contributed by atoms with Crippen LogP contribution in [-0.2, 0) is 11.2 Å². The van der Waals surface area contributed by atoms with E-state index in [1.165, 1.54) is 0 Å². The monoisotopic (exact) mass is 332 g/mol. The highest BCUT2D eigenvalue weighted by Crippen LogP contribution is 2.35. The Kier molecular flexibility index (Phi) is 4.09. The summed E-state index contributed by atoms with van der Waals surface area (Å²) < 4.78 is 15.9. The molecule has 25 heavy (non-hydrogen) atoms. The fraction of sp³-hybridized carbons (Fsp3) is 0.0952. The number of carbonyl (C=O) groups excluding carboxylic acids is 1. The van der Waals surface area contributed by atoms with E-state index in [2.05, 4.69) is 12.1 Å². The van der Waals surface area contributed by atoms with Crippen LogP contribution in [0.25, 0.3) is 11.1 Å². The molecule has 3 aromatic rings. The minimum absolute atomic E-state index is 0.195. The summed E-state index contributed by atoms with van der Waals surface area (Å²) in [5.74, 6) is 1.40. The van der Waals surface area contributed by atoms with Crippen molar-refractivity contribution in [3.05, 3.63) is 78.4 Å². The first-order chi connectivity index (χ1) is 12.3. The molecule has 0 unspecified atom stereocenters. The topological polar surface area (TPSA) is 44.8 Å². The van der Waals surface area contributed by atoms with Crippen LogP contribution >= 0.6 is 0 Å². The highest BCUT2D eigenvalue weighted by Gasteiger charge is 2.15. The molecule has 124 valence electrons. The summed E-state index contributed by atoms with van der Waals surface area (Å²) in [6.45, 7) is 0.195. The van der Waals surface area contributed by atoms with Gasteiger partial charge in [-0.15, -0.1) is 0 Å². The molecule has 0 aromatic heterocycles. The number of carbonyl (C=O) groups is 1. The molecule has 0 fully saturated rings. The molecule has 1 aliphatic heterocycles. The number of benzene rings is 3. The Morgan fingerprint density at radius 2 is 1.56 bits per heavy atom. The second kappa shape index (κ2) is 6.69. The van der Waals surface area contributed by atoms with Gasteiger partial charge in [-0.3, -0.25) is 4.79 Å². The van der Waals surface area contributed by atoms with Gasteiger partial charge in [0.05, 0.1) is 6.42 Å². The van der Waals surface area contributed by atoms with Gasteiger partial charge in [0.2, 0.25) is 6.79 Å². The van der Waals surface area contributed by atoms with E-state index in [-0.39, 0.29) is 19.2 Å². The van der Waals surface area contributed by atoms with Gasteiger partial charge in [-0.25, -0.2) is 0 Å². The van der Waals surface area contributed by atoms with Crippen LogP contribution < -0.4 is 14.2 Å². The average Bonchev–Trinajstić information content (AvgIpc) is 3.11. The van der Waals surface area contributed by atoms with Crippen molar-refractivity contribution < 1.29 is 19.0 Å². The van der Waals surface area contributed by atoms with E-state index in [4.69, 9.17) is 14.2 Å². The van der Waals surface area contributed by atoms with Crippen molar-refractivity contribution in [3.8, 4) is 28.4 Å². The van der Waals surface area contributed by atoms with Crippen LogP contribution in [0, 0.1) is 0 Å². The second-order valence-corrected chi connectivity index (χ2v) is 5.73. The average molecular weight is 332 g/mol. The molecule has 0 N–H and O–H groups in total. The van der Waals surface area contributed by atoms with E-state index in [0.717, 1.165) is 16.7 Å². The molecular formula is C21H16O4. The van der Waals surface area contributed by atoms with Gasteiger partial charge >= 0.3 is 5.97 Å². The molecule has 0 saturated heterocycles. The number of hydrogen-bond donors (Lipinski definition) is 0. The highest BCUT2D eigenvalue weighted by atomic mass is 16.7. The largest absolute Gasteiger partial charge is 0.454 e. The third-order valence-electron chi connectivity index (χ3n) is 3.99. The van der Waals surface area contributed by atoms with E-state index in [0.29, 0.717) is 17.2 Å². The fourth-order valence-corrected chi connectivity index (χ4v) is 2.72. The minimum atomic E-state index is -0.314. The summed E-state index contributed by atoms with van der Waals surface area (Å²) in [7, 11) is 0. The Hall–Kier alpha value is -3.27. The Labute approximate surface area is 145 Å². The predicted octanol–water partition coefficient (Wildman–Crippen LogP) is 4.23. The predicted molar refractivity (Wildman–Crippen MR) is 93.8 cm³/mol. The van der Waals surface area contributed by atoms with E-state index in [1.807, 2.05) is 42.5 Å². The lowest BCUT2D eigenvalue weighted by Crippen LogP contribution is -2.11. The van der Waals surface area contributed by atoms with Gasteiger partial charge in [-0.1, -0.05) is 54.6 Å². The molecule has 0 saturated carbocycles. The Morgan fingerprint density at radius 1 is 0.840 bits per heavy atom. The summed E-state index contributed by atoms with van der Waals surface area (Å²) in [4.78, 5) is 12.1. The Balaban J connectivity index is 1.41. The summed E-state index contributed by atoms with van der Waals surface area (Å²) in [6.07, 6.45) is 0.212. The minimum Gasteiger partial charge on any atom is -0.454 e. The first-order valence-electron chi connectivity index (χ1n) is 8.03. The Bertz CT molecular complexity index is 886. The van der Waals surface area contributed by atoms with Crippen LogP contribution in [-0.4, -0.2) is 12.8 Å². The van der Waals surface area contributed by atoms with E-state index in [1.54, 1.807) is 18.2 Å². The number of ether oxygens (including phenoxy) is 3. The van der Waals surface area contributed by atoms with Crippen molar-refractivity contribution in [2.45, 2.75) is 6.42 Å². The standard InChI is InChI=1S/C21H16O4/c22-21(25-18-10-11-19-20(13-18)24-14-23-19)12-15-6-8-17(9-7-15)16-4-2-1-3-5-16/h1-11,13H,12,14H2. The van der Waals surface area contributed by atoms with Gasteiger partial charge in [0.1, 0.15) is 5.75 Å². The van der Waals surface area contributed by atoms with Crippen LogP contribution in [0.2, 0.25) is 0 Å². The summed E-state index contributed by atoms with van der Waals surface area (Å²) >= 11 is 0. The van der Waals surface area contributed by atoms with E-state index >= 15 is 0 Å². The molecule has 1 heterocycles. The molecule has 0 spiro atoms.